The maximum Gasteiger partial charge on any atom is 0.149 e. The molecule has 4 nitrogen and oxygen atoms in total. The minimum Gasteiger partial charge on any atom is -0.360 e. The van der Waals surface area contributed by atoms with E-state index in [1.807, 2.05) is 0 Å². The van der Waals surface area contributed by atoms with Gasteiger partial charge in [0, 0.05) is 10.4 Å². The Morgan fingerprint density at radius 3 is 2.79 bits per heavy atom. The number of aromatic nitrogens is 3. The summed E-state index contributed by atoms with van der Waals surface area (Å²) in [5.74, 6) is 0.413. The molecule has 1 atom stereocenters. The molecule has 3 aromatic rings. The maximum atomic E-state index is 13.1. The van der Waals surface area contributed by atoms with Crippen LogP contribution in [-0.4, -0.2) is 15.0 Å². The molecule has 0 aliphatic heterocycles. The van der Waals surface area contributed by atoms with Gasteiger partial charge in [-0.05, 0) is 43.5 Å². The SMILES string of the molecule is Fc1ccc(-c2nc3c(s2)CCCC3Nc2cncc(Cl)n2)cc1. The first kappa shape index (κ1) is 15.5. The standard InChI is InChI=1S/C17H14ClFN4S/c18-14-8-20-9-15(22-14)21-12-2-1-3-13-16(12)23-17(24-13)10-4-6-11(19)7-5-10/h4-9,12H,1-3H2,(H,21,22). The molecule has 0 fully saturated rings. The van der Waals surface area contributed by atoms with Crippen LogP contribution < -0.4 is 5.32 Å². The van der Waals surface area contributed by atoms with Crippen LogP contribution in [-0.2, 0) is 6.42 Å². The van der Waals surface area contributed by atoms with Gasteiger partial charge >= 0.3 is 0 Å². The van der Waals surface area contributed by atoms with Gasteiger partial charge in [-0.25, -0.2) is 14.4 Å². The molecule has 7 heteroatoms. The van der Waals surface area contributed by atoms with Crippen molar-refractivity contribution in [3.63, 3.8) is 0 Å². The summed E-state index contributed by atoms with van der Waals surface area (Å²) in [6.45, 7) is 0. The highest BCUT2D eigenvalue weighted by Gasteiger charge is 2.25. The van der Waals surface area contributed by atoms with Crippen LogP contribution in [0.15, 0.2) is 36.7 Å². The Labute approximate surface area is 147 Å². The Morgan fingerprint density at radius 1 is 1.17 bits per heavy atom. The molecule has 1 aliphatic carbocycles. The van der Waals surface area contributed by atoms with Crippen molar-refractivity contribution >= 4 is 28.8 Å². The zero-order valence-electron chi connectivity index (χ0n) is 12.7. The zero-order valence-corrected chi connectivity index (χ0v) is 14.2. The third kappa shape index (κ3) is 3.12. The lowest BCUT2D eigenvalue weighted by molar-refractivity contribution is 0.592. The zero-order chi connectivity index (χ0) is 16.5. The van der Waals surface area contributed by atoms with Crippen LogP contribution in [0.2, 0.25) is 5.15 Å². The van der Waals surface area contributed by atoms with Crippen LogP contribution in [0.25, 0.3) is 10.6 Å². The van der Waals surface area contributed by atoms with E-state index in [1.165, 1.54) is 23.2 Å². The van der Waals surface area contributed by atoms with E-state index in [0.29, 0.717) is 11.0 Å². The Balaban J connectivity index is 1.64. The van der Waals surface area contributed by atoms with Gasteiger partial charge in [-0.2, -0.15) is 0 Å². The topological polar surface area (TPSA) is 50.7 Å². The normalized spacial score (nSPS) is 16.7. The van der Waals surface area contributed by atoms with Gasteiger partial charge in [-0.3, -0.25) is 4.98 Å². The van der Waals surface area contributed by atoms with Gasteiger partial charge in [-0.1, -0.05) is 11.6 Å². The number of aryl methyl sites for hydroxylation is 1. The lowest BCUT2D eigenvalue weighted by Crippen LogP contribution is -2.17. The molecule has 1 aromatic carbocycles. The molecule has 0 amide bonds. The molecular weight excluding hydrogens is 347 g/mol. The van der Waals surface area contributed by atoms with Crippen molar-refractivity contribution in [1.82, 2.24) is 15.0 Å². The predicted octanol–water partition coefficient (Wildman–Crippen LogP) is 4.88. The second kappa shape index (κ2) is 6.45. The van der Waals surface area contributed by atoms with E-state index in [2.05, 4.69) is 15.3 Å². The van der Waals surface area contributed by atoms with Crippen molar-refractivity contribution in [1.29, 1.82) is 0 Å². The highest BCUT2D eigenvalue weighted by atomic mass is 35.5. The first-order chi connectivity index (χ1) is 11.7. The fourth-order valence-corrected chi connectivity index (χ4v) is 4.18. The van der Waals surface area contributed by atoms with Crippen molar-refractivity contribution in [3.05, 3.63) is 58.2 Å². The molecule has 0 saturated heterocycles. The summed E-state index contributed by atoms with van der Waals surface area (Å²) < 4.78 is 13.1. The molecule has 0 spiro atoms. The van der Waals surface area contributed by atoms with E-state index >= 15 is 0 Å². The minimum atomic E-state index is -0.237. The van der Waals surface area contributed by atoms with Crippen LogP contribution >= 0.6 is 22.9 Å². The van der Waals surface area contributed by atoms with Gasteiger partial charge < -0.3 is 5.32 Å². The molecule has 0 saturated carbocycles. The van der Waals surface area contributed by atoms with Crippen LogP contribution in [0.5, 0.6) is 0 Å². The quantitative estimate of drug-likeness (QED) is 0.723. The number of halogens is 2. The van der Waals surface area contributed by atoms with E-state index < -0.39 is 0 Å². The van der Waals surface area contributed by atoms with Crippen LogP contribution in [0.3, 0.4) is 0 Å². The molecule has 122 valence electrons. The van der Waals surface area contributed by atoms with E-state index in [9.17, 15) is 4.39 Å². The third-order valence-corrected chi connectivity index (χ3v) is 5.33. The number of hydrogen-bond acceptors (Lipinski definition) is 5. The Morgan fingerprint density at radius 2 is 2.00 bits per heavy atom. The average molecular weight is 361 g/mol. The largest absolute Gasteiger partial charge is 0.360 e. The number of fused-ring (bicyclic) bond motifs is 1. The number of anilines is 1. The van der Waals surface area contributed by atoms with Crippen LogP contribution in [0, 0.1) is 5.82 Å². The molecule has 24 heavy (non-hydrogen) atoms. The Kier molecular flexibility index (Phi) is 4.16. The Hall–Kier alpha value is -2.05. The summed E-state index contributed by atoms with van der Waals surface area (Å²) in [5, 5.41) is 4.66. The van der Waals surface area contributed by atoms with Crippen LogP contribution in [0.1, 0.15) is 29.5 Å². The van der Waals surface area contributed by atoms with E-state index in [0.717, 1.165) is 35.5 Å². The molecule has 0 radical (unpaired) electrons. The highest BCUT2D eigenvalue weighted by molar-refractivity contribution is 7.15. The summed E-state index contributed by atoms with van der Waals surface area (Å²) in [7, 11) is 0. The first-order valence-corrected chi connectivity index (χ1v) is 8.88. The number of rotatable bonds is 3. The molecule has 0 bridgehead atoms. The smallest absolute Gasteiger partial charge is 0.149 e. The van der Waals surface area contributed by atoms with Crippen LogP contribution in [0.4, 0.5) is 10.2 Å². The van der Waals surface area contributed by atoms with Crippen molar-refractivity contribution < 1.29 is 4.39 Å². The second-order valence-corrected chi connectivity index (χ2v) is 7.12. The van der Waals surface area contributed by atoms with Gasteiger partial charge in [0.15, 0.2) is 0 Å². The molecule has 1 N–H and O–H groups in total. The second-order valence-electron chi connectivity index (χ2n) is 5.65. The Bertz CT molecular complexity index is 865. The van der Waals surface area contributed by atoms with Gasteiger partial charge in [0.1, 0.15) is 21.8 Å². The van der Waals surface area contributed by atoms with Crippen molar-refractivity contribution in [2.24, 2.45) is 0 Å². The maximum absolute atomic E-state index is 13.1. The number of hydrogen-bond donors (Lipinski definition) is 1. The molecule has 2 aromatic heterocycles. The van der Waals surface area contributed by atoms with Gasteiger partial charge in [0.25, 0.3) is 0 Å². The van der Waals surface area contributed by atoms with Crippen molar-refractivity contribution in [3.8, 4) is 10.6 Å². The summed E-state index contributed by atoms with van der Waals surface area (Å²) in [6, 6.07) is 6.56. The first-order valence-electron chi connectivity index (χ1n) is 7.68. The van der Waals surface area contributed by atoms with Crippen molar-refractivity contribution in [2.45, 2.75) is 25.3 Å². The molecular formula is C17H14ClFN4S. The van der Waals surface area contributed by atoms with E-state index in [-0.39, 0.29) is 11.9 Å². The van der Waals surface area contributed by atoms with E-state index in [4.69, 9.17) is 16.6 Å². The molecule has 4 rings (SSSR count). The monoisotopic (exact) mass is 360 g/mol. The summed E-state index contributed by atoms with van der Waals surface area (Å²) >= 11 is 7.58. The van der Waals surface area contributed by atoms with Crippen molar-refractivity contribution in [2.75, 3.05) is 5.32 Å². The van der Waals surface area contributed by atoms with Gasteiger partial charge in [0.05, 0.1) is 24.1 Å². The fourth-order valence-electron chi connectivity index (χ4n) is 2.87. The van der Waals surface area contributed by atoms with Gasteiger partial charge in [-0.15, -0.1) is 11.3 Å². The molecule has 2 heterocycles. The number of nitrogens with zero attached hydrogens (tertiary/aromatic N) is 3. The number of thiazole rings is 1. The fraction of sp³-hybridized carbons (Fsp3) is 0.235. The molecule has 1 unspecified atom stereocenters. The lowest BCUT2D eigenvalue weighted by Gasteiger charge is -2.22. The summed E-state index contributed by atoms with van der Waals surface area (Å²) in [6.07, 6.45) is 6.26. The van der Waals surface area contributed by atoms with E-state index in [1.54, 1.807) is 29.7 Å². The summed E-state index contributed by atoms with van der Waals surface area (Å²) in [5.41, 5.74) is 1.99. The van der Waals surface area contributed by atoms with Gasteiger partial charge in [0.2, 0.25) is 0 Å². The predicted molar refractivity (Wildman–Crippen MR) is 93.9 cm³/mol. The highest BCUT2D eigenvalue weighted by Crippen LogP contribution is 2.38. The third-order valence-electron chi connectivity index (χ3n) is 3.97. The summed E-state index contributed by atoms with van der Waals surface area (Å²) in [4.78, 5) is 14.4. The number of benzene rings is 1. The minimum absolute atomic E-state index is 0.0898. The number of nitrogens with one attached hydrogen (secondary N) is 1. The lowest BCUT2D eigenvalue weighted by atomic mass is 9.97. The molecule has 1 aliphatic rings. The average Bonchev–Trinajstić information content (AvgIpc) is 3.01.